The molecule has 0 bridgehead atoms. The Kier molecular flexibility index (Phi) is 18.3. The first-order valence-electron chi connectivity index (χ1n) is 18.5. The summed E-state index contributed by atoms with van der Waals surface area (Å²) in [5.74, 6) is -5.28. The average Bonchev–Trinajstić information content (AvgIpc) is 3.15. The van der Waals surface area contributed by atoms with Crippen LogP contribution in [0.2, 0.25) is 0 Å². The van der Waals surface area contributed by atoms with Gasteiger partial charge in [0, 0.05) is 6.42 Å². The molecule has 1 aliphatic rings. The molecule has 0 saturated heterocycles. The molecule has 4 amide bonds. The Morgan fingerprint density at radius 3 is 1.89 bits per heavy atom. The predicted molar refractivity (Wildman–Crippen MR) is 203 cm³/mol. The van der Waals surface area contributed by atoms with E-state index < -0.39 is 71.5 Å². The molecular weight excluding hydrogens is 694 g/mol. The number of nitrogens with two attached hydrogens (primary N) is 3. The van der Waals surface area contributed by atoms with Gasteiger partial charge in [0.05, 0.1) is 18.0 Å². The summed E-state index contributed by atoms with van der Waals surface area (Å²) < 4.78 is 0. The maximum atomic E-state index is 14.0. The highest BCUT2D eigenvalue weighted by atomic mass is 16.4. The van der Waals surface area contributed by atoms with Gasteiger partial charge >= 0.3 is 5.97 Å². The third kappa shape index (κ3) is 14.7. The number of benzene rings is 2. The second-order valence-electron chi connectivity index (χ2n) is 13.6. The Morgan fingerprint density at radius 1 is 0.741 bits per heavy atom. The number of aliphatic carboxylic acids is 1. The number of carboxylic acid groups (broad SMARTS) is 1. The molecule has 15 heteroatoms. The number of hydrogen-bond acceptors (Lipinski definition) is 10. The summed E-state index contributed by atoms with van der Waals surface area (Å²) in [4.78, 5) is 80.5. The minimum Gasteiger partial charge on any atom is -0.508 e. The highest BCUT2D eigenvalue weighted by Gasteiger charge is 2.33. The van der Waals surface area contributed by atoms with Crippen LogP contribution in [0, 0.1) is 5.92 Å². The predicted octanol–water partition coefficient (Wildman–Crippen LogP) is 0.712. The zero-order valence-electron chi connectivity index (χ0n) is 30.6. The van der Waals surface area contributed by atoms with Crippen LogP contribution in [-0.2, 0) is 41.6 Å². The average molecular weight is 750 g/mol. The van der Waals surface area contributed by atoms with Crippen LogP contribution in [0.5, 0.6) is 5.75 Å². The van der Waals surface area contributed by atoms with Gasteiger partial charge in [-0.15, -0.1) is 0 Å². The van der Waals surface area contributed by atoms with Gasteiger partial charge in [-0.25, -0.2) is 0 Å². The largest absolute Gasteiger partial charge is 0.508 e. The molecule has 0 saturated carbocycles. The number of carbonyl (C=O) groups excluding carboxylic acids is 5. The lowest BCUT2D eigenvalue weighted by Crippen LogP contribution is -2.58. The fourth-order valence-corrected chi connectivity index (χ4v) is 6.08. The van der Waals surface area contributed by atoms with E-state index in [9.17, 15) is 39.0 Å². The number of hydrogen-bond donors (Lipinski definition) is 9. The number of amides is 4. The number of phenolic OH excluding ortho intramolecular Hbond substituents is 1. The smallest absolute Gasteiger partial charge is 0.307 e. The molecule has 2 aromatic rings. The number of rotatable bonds is 18. The maximum absolute atomic E-state index is 14.0. The molecule has 0 radical (unpaired) electrons. The Morgan fingerprint density at radius 2 is 1.30 bits per heavy atom. The van der Waals surface area contributed by atoms with E-state index in [1.54, 1.807) is 54.6 Å². The molecule has 2 aromatic carbocycles. The summed E-state index contributed by atoms with van der Waals surface area (Å²) in [7, 11) is 0. The fourth-order valence-electron chi connectivity index (χ4n) is 6.08. The van der Waals surface area contributed by atoms with Gasteiger partial charge in [0.1, 0.15) is 23.9 Å². The summed E-state index contributed by atoms with van der Waals surface area (Å²) in [6.45, 7) is 0.758. The number of nitrogens with one attached hydrogen (secondary N) is 4. The van der Waals surface area contributed by atoms with E-state index in [1.807, 2.05) is 0 Å². The summed E-state index contributed by atoms with van der Waals surface area (Å²) >= 11 is 0. The first kappa shape index (κ1) is 43.3. The van der Waals surface area contributed by atoms with Gasteiger partial charge in [0.15, 0.2) is 5.78 Å². The number of ketones is 1. The van der Waals surface area contributed by atoms with E-state index in [4.69, 9.17) is 17.2 Å². The van der Waals surface area contributed by atoms with E-state index in [1.165, 1.54) is 12.1 Å². The van der Waals surface area contributed by atoms with Crippen molar-refractivity contribution in [3.05, 3.63) is 77.9 Å². The van der Waals surface area contributed by atoms with Crippen LogP contribution < -0.4 is 38.5 Å². The van der Waals surface area contributed by atoms with Crippen LogP contribution in [0.25, 0.3) is 0 Å². The van der Waals surface area contributed by atoms with Crippen LogP contribution in [-0.4, -0.2) is 88.9 Å². The highest BCUT2D eigenvalue weighted by molar-refractivity contribution is 5.96. The molecule has 0 spiro atoms. The number of aromatic hydroxyl groups is 1. The standard InChI is InChI=1S/C39H55N7O8/c40-20-8-6-14-30-36(50)45-32(15-7-9-21-41)37(51)44-31(13-5-4-12-29(42)35(49)43-30)38(52)46-33(23-26-16-18-28(47)19-17-26)34(48)24-27(39(53)54)22-25-10-2-1-3-11-25/h1-5,10-11,16-19,27,29-33,47H,6-9,12-15,20-24,40-42H2,(H,43,49)(H,44,51)(H,45,50)(H,46,52)(H,53,54)/t27-,29+,30+,31+,32+,33+/m1/s1. The molecule has 15 nitrogen and oxygen atoms in total. The van der Waals surface area contributed by atoms with E-state index in [0.717, 1.165) is 5.56 Å². The van der Waals surface area contributed by atoms with Crippen LogP contribution in [0.1, 0.15) is 68.9 Å². The second-order valence-corrected chi connectivity index (χ2v) is 13.6. The van der Waals surface area contributed by atoms with Crippen LogP contribution in [0.3, 0.4) is 0 Å². The van der Waals surface area contributed by atoms with Gasteiger partial charge in [-0.05, 0) is 101 Å². The lowest BCUT2D eigenvalue weighted by molar-refractivity contribution is -0.144. The minimum atomic E-state index is -1.23. The van der Waals surface area contributed by atoms with Crippen LogP contribution >= 0.6 is 0 Å². The first-order chi connectivity index (χ1) is 25.9. The fraction of sp³-hybridized carbons (Fsp3) is 0.487. The SMILES string of the molecule is NCCCC[C@@H]1NC(=O)[C@H](CCCCN)NC(=O)[C@@H](N)CC=CC[C@@H](C(=O)N[C@@H](Cc2ccc(O)cc2)C(=O)C[C@@H](Cc2ccccc2)C(=O)O)NC1=O. The third-order valence-electron chi connectivity index (χ3n) is 9.26. The molecule has 1 heterocycles. The van der Waals surface area contributed by atoms with Gasteiger partial charge in [-0.2, -0.15) is 0 Å². The molecule has 12 N–H and O–H groups in total. The number of Topliss-reactive ketones (excluding diaryl/α,β-unsaturated/α-hetero) is 1. The van der Waals surface area contributed by atoms with Crippen molar-refractivity contribution in [1.82, 2.24) is 21.3 Å². The number of phenols is 1. The first-order valence-corrected chi connectivity index (χ1v) is 18.5. The van der Waals surface area contributed by atoms with Crippen LogP contribution in [0.4, 0.5) is 0 Å². The van der Waals surface area contributed by atoms with Crippen molar-refractivity contribution in [2.24, 2.45) is 23.1 Å². The van der Waals surface area contributed by atoms with E-state index in [0.29, 0.717) is 44.3 Å². The molecule has 0 aromatic heterocycles. The van der Waals surface area contributed by atoms with Crippen LogP contribution in [0.15, 0.2) is 66.7 Å². The molecule has 3 rings (SSSR count). The summed E-state index contributed by atoms with van der Waals surface area (Å²) in [5, 5.41) is 30.8. The summed E-state index contributed by atoms with van der Waals surface area (Å²) in [6, 6.07) is 9.45. The number of unbranched alkanes of at least 4 members (excludes halogenated alkanes) is 2. The van der Waals surface area contributed by atoms with E-state index in [-0.39, 0.29) is 50.7 Å². The molecule has 1 aliphatic heterocycles. The molecule has 6 atom stereocenters. The van der Waals surface area contributed by atoms with Crippen molar-refractivity contribution in [1.29, 1.82) is 0 Å². The van der Waals surface area contributed by atoms with Gasteiger partial charge in [-0.3, -0.25) is 28.8 Å². The monoisotopic (exact) mass is 749 g/mol. The van der Waals surface area contributed by atoms with Crippen molar-refractivity contribution in [2.75, 3.05) is 13.1 Å². The zero-order valence-corrected chi connectivity index (χ0v) is 30.6. The van der Waals surface area contributed by atoms with Gasteiger partial charge in [0.25, 0.3) is 0 Å². The quantitative estimate of drug-likeness (QED) is 0.0757. The van der Waals surface area contributed by atoms with Crippen molar-refractivity contribution < 1.29 is 39.0 Å². The van der Waals surface area contributed by atoms with Crippen molar-refractivity contribution in [2.45, 2.75) is 101 Å². The Balaban J connectivity index is 1.91. The molecule has 294 valence electrons. The van der Waals surface area contributed by atoms with Crippen molar-refractivity contribution in [3.63, 3.8) is 0 Å². The van der Waals surface area contributed by atoms with E-state index in [2.05, 4.69) is 21.3 Å². The van der Waals surface area contributed by atoms with Gasteiger partial charge in [0.2, 0.25) is 23.6 Å². The topological polar surface area (TPSA) is 269 Å². The van der Waals surface area contributed by atoms with E-state index >= 15 is 0 Å². The van der Waals surface area contributed by atoms with Crippen molar-refractivity contribution >= 4 is 35.4 Å². The normalized spacial score (nSPS) is 20.8. The zero-order chi connectivity index (χ0) is 39.5. The molecule has 0 aliphatic carbocycles. The van der Waals surface area contributed by atoms with Gasteiger partial charge in [-0.1, -0.05) is 54.6 Å². The number of carboxylic acids is 1. The Hall–Kier alpha value is -5.12. The molecule has 54 heavy (non-hydrogen) atoms. The Labute approximate surface area is 315 Å². The van der Waals surface area contributed by atoms with Crippen molar-refractivity contribution in [3.8, 4) is 5.75 Å². The lowest BCUT2D eigenvalue weighted by Gasteiger charge is -2.27. The molecule has 0 unspecified atom stereocenters. The molecular formula is C39H55N7O8. The lowest BCUT2D eigenvalue weighted by atomic mass is 9.90. The highest BCUT2D eigenvalue weighted by Crippen LogP contribution is 2.18. The number of carbonyl (C=O) groups is 6. The summed E-state index contributed by atoms with van der Waals surface area (Å²) in [6.07, 6.45) is 5.59. The molecule has 0 fully saturated rings. The maximum Gasteiger partial charge on any atom is 0.307 e. The minimum absolute atomic E-state index is 0.000812. The van der Waals surface area contributed by atoms with Gasteiger partial charge < -0.3 is 48.7 Å². The summed E-state index contributed by atoms with van der Waals surface area (Å²) in [5.41, 5.74) is 18.8. The third-order valence-corrected chi connectivity index (χ3v) is 9.26. The second kappa shape index (κ2) is 22.8. The Bertz CT molecular complexity index is 1570.